The van der Waals surface area contributed by atoms with Crippen LogP contribution < -0.4 is 15.4 Å². The van der Waals surface area contributed by atoms with Gasteiger partial charge in [-0.05, 0) is 31.9 Å². The van der Waals surface area contributed by atoms with Gasteiger partial charge in [-0.25, -0.2) is 0 Å². The first-order chi connectivity index (χ1) is 11.7. The maximum Gasteiger partial charge on any atom is 0.191 e. The molecule has 0 fully saturated rings. The summed E-state index contributed by atoms with van der Waals surface area (Å²) in [7, 11) is 3.47. The highest BCUT2D eigenvalue weighted by Gasteiger charge is 2.06. The molecule has 0 aliphatic carbocycles. The molecule has 0 radical (unpaired) electrons. The number of hydrogen-bond acceptors (Lipinski definition) is 4. The lowest BCUT2D eigenvalue weighted by Gasteiger charge is -2.15. The van der Waals surface area contributed by atoms with E-state index in [2.05, 4.69) is 40.7 Å². The lowest BCUT2D eigenvalue weighted by Crippen LogP contribution is -2.37. The van der Waals surface area contributed by atoms with E-state index >= 15 is 0 Å². The van der Waals surface area contributed by atoms with Gasteiger partial charge in [0.1, 0.15) is 12.4 Å². The highest BCUT2D eigenvalue weighted by Crippen LogP contribution is 2.20. The van der Waals surface area contributed by atoms with Crippen molar-refractivity contribution < 1.29 is 14.2 Å². The van der Waals surface area contributed by atoms with Crippen LogP contribution >= 0.6 is 0 Å². The van der Waals surface area contributed by atoms with Gasteiger partial charge in [-0.2, -0.15) is 0 Å². The van der Waals surface area contributed by atoms with E-state index in [9.17, 15) is 0 Å². The standard InChI is InChI=1S/C18H31N3O3/c1-5-23-11-12-24-17-13-15(2)7-8-16(17)14-21-18(19-3)20-9-6-10-22-4/h7-8,13H,5-6,9-12,14H2,1-4H3,(H2,19,20,21). The lowest BCUT2D eigenvalue weighted by atomic mass is 10.1. The topological polar surface area (TPSA) is 64.1 Å². The van der Waals surface area contributed by atoms with E-state index in [0.717, 1.165) is 36.8 Å². The highest BCUT2D eigenvalue weighted by molar-refractivity contribution is 5.79. The van der Waals surface area contributed by atoms with Crippen molar-refractivity contribution >= 4 is 5.96 Å². The Labute approximate surface area is 145 Å². The van der Waals surface area contributed by atoms with Crippen LogP contribution in [0.2, 0.25) is 0 Å². The van der Waals surface area contributed by atoms with Crippen LogP contribution in [0.4, 0.5) is 0 Å². The zero-order valence-corrected chi connectivity index (χ0v) is 15.4. The van der Waals surface area contributed by atoms with E-state index in [1.807, 2.05) is 6.92 Å². The molecule has 2 N–H and O–H groups in total. The van der Waals surface area contributed by atoms with Gasteiger partial charge in [-0.15, -0.1) is 0 Å². The fraction of sp³-hybridized carbons (Fsp3) is 0.611. The second-order valence-electron chi connectivity index (χ2n) is 5.36. The van der Waals surface area contributed by atoms with E-state index < -0.39 is 0 Å². The van der Waals surface area contributed by atoms with Crippen LogP contribution in [0.15, 0.2) is 23.2 Å². The molecule has 0 amide bonds. The molecule has 0 atom stereocenters. The van der Waals surface area contributed by atoms with Crippen molar-refractivity contribution in [2.24, 2.45) is 4.99 Å². The number of benzene rings is 1. The van der Waals surface area contributed by atoms with Crippen molar-refractivity contribution in [2.45, 2.75) is 26.8 Å². The number of guanidine groups is 1. The van der Waals surface area contributed by atoms with E-state index in [0.29, 0.717) is 26.4 Å². The summed E-state index contributed by atoms with van der Waals surface area (Å²) in [6, 6.07) is 6.22. The van der Waals surface area contributed by atoms with Crippen LogP contribution in [0.3, 0.4) is 0 Å². The van der Waals surface area contributed by atoms with Crippen LogP contribution in [0.1, 0.15) is 24.5 Å². The first kappa shape index (κ1) is 20.3. The predicted molar refractivity (Wildman–Crippen MR) is 97.9 cm³/mol. The molecular formula is C18H31N3O3. The van der Waals surface area contributed by atoms with Crippen LogP contribution in [-0.2, 0) is 16.0 Å². The third-order valence-electron chi connectivity index (χ3n) is 3.40. The molecule has 6 heteroatoms. The molecule has 1 aromatic carbocycles. The first-order valence-corrected chi connectivity index (χ1v) is 8.44. The molecule has 0 aliphatic heterocycles. The van der Waals surface area contributed by atoms with Gasteiger partial charge < -0.3 is 24.8 Å². The molecule has 1 rings (SSSR count). The maximum atomic E-state index is 5.86. The van der Waals surface area contributed by atoms with Gasteiger partial charge in [0.2, 0.25) is 0 Å². The fourth-order valence-electron chi connectivity index (χ4n) is 2.12. The smallest absolute Gasteiger partial charge is 0.191 e. The van der Waals surface area contributed by atoms with Crippen LogP contribution in [0.25, 0.3) is 0 Å². The highest BCUT2D eigenvalue weighted by atomic mass is 16.5. The molecule has 0 saturated carbocycles. The van der Waals surface area contributed by atoms with Crippen LogP contribution in [-0.4, -0.2) is 53.1 Å². The van der Waals surface area contributed by atoms with Gasteiger partial charge in [-0.3, -0.25) is 4.99 Å². The lowest BCUT2D eigenvalue weighted by molar-refractivity contribution is 0.110. The van der Waals surface area contributed by atoms with Crippen molar-refractivity contribution in [3.8, 4) is 5.75 Å². The van der Waals surface area contributed by atoms with Gasteiger partial charge >= 0.3 is 0 Å². The summed E-state index contributed by atoms with van der Waals surface area (Å²) in [5, 5.41) is 6.57. The SMILES string of the molecule is CCOCCOc1cc(C)ccc1CNC(=NC)NCCCOC. The Morgan fingerprint density at radius 3 is 2.71 bits per heavy atom. The number of ether oxygens (including phenoxy) is 3. The fourth-order valence-corrected chi connectivity index (χ4v) is 2.12. The van der Waals surface area contributed by atoms with E-state index in [1.165, 1.54) is 5.56 Å². The Morgan fingerprint density at radius 2 is 2.00 bits per heavy atom. The van der Waals surface area contributed by atoms with Crippen molar-refractivity contribution in [2.75, 3.05) is 47.1 Å². The van der Waals surface area contributed by atoms with Crippen LogP contribution in [0.5, 0.6) is 5.75 Å². The summed E-state index contributed by atoms with van der Waals surface area (Å²) in [5.41, 5.74) is 2.27. The summed E-state index contributed by atoms with van der Waals surface area (Å²) in [6.07, 6.45) is 0.938. The molecular weight excluding hydrogens is 306 g/mol. The number of rotatable bonds is 11. The largest absolute Gasteiger partial charge is 0.491 e. The van der Waals surface area contributed by atoms with Gasteiger partial charge in [0.25, 0.3) is 0 Å². The Kier molecular flexibility index (Phi) is 10.6. The summed E-state index contributed by atoms with van der Waals surface area (Å²) in [6.45, 7) is 8.09. The number of aryl methyl sites for hydroxylation is 1. The monoisotopic (exact) mass is 337 g/mol. The number of aliphatic imine (C=N–C) groups is 1. The van der Waals surface area contributed by atoms with E-state index in [4.69, 9.17) is 14.2 Å². The number of nitrogens with one attached hydrogen (secondary N) is 2. The summed E-state index contributed by atoms with van der Waals surface area (Å²) in [4.78, 5) is 4.23. The number of methoxy groups -OCH3 is 1. The number of hydrogen-bond donors (Lipinski definition) is 2. The molecule has 0 heterocycles. The zero-order chi connectivity index (χ0) is 17.6. The minimum Gasteiger partial charge on any atom is -0.491 e. The summed E-state index contributed by atoms with van der Waals surface area (Å²) in [5.74, 6) is 1.66. The maximum absolute atomic E-state index is 5.86. The van der Waals surface area contributed by atoms with Gasteiger partial charge in [0.15, 0.2) is 5.96 Å². The molecule has 6 nitrogen and oxygen atoms in total. The van der Waals surface area contributed by atoms with E-state index in [-0.39, 0.29) is 0 Å². The molecule has 1 aromatic rings. The minimum absolute atomic E-state index is 0.550. The Morgan fingerprint density at radius 1 is 1.17 bits per heavy atom. The number of nitrogens with zero attached hydrogens (tertiary/aromatic N) is 1. The summed E-state index contributed by atoms with van der Waals surface area (Å²) < 4.78 is 16.2. The molecule has 0 unspecified atom stereocenters. The summed E-state index contributed by atoms with van der Waals surface area (Å²) >= 11 is 0. The van der Waals surface area contributed by atoms with E-state index in [1.54, 1.807) is 14.2 Å². The first-order valence-electron chi connectivity index (χ1n) is 8.44. The molecule has 136 valence electrons. The van der Waals surface area contributed by atoms with Gasteiger partial charge in [-0.1, -0.05) is 12.1 Å². The Bertz CT molecular complexity index is 492. The van der Waals surface area contributed by atoms with Crippen molar-refractivity contribution in [3.05, 3.63) is 29.3 Å². The van der Waals surface area contributed by atoms with Gasteiger partial charge in [0, 0.05) is 46.0 Å². The quantitative estimate of drug-likeness (QED) is 0.368. The molecule has 0 aromatic heterocycles. The minimum atomic E-state index is 0.550. The molecule has 0 bridgehead atoms. The predicted octanol–water partition coefficient (Wildman–Crippen LogP) is 2.11. The second kappa shape index (κ2) is 12.6. The normalized spacial score (nSPS) is 11.4. The van der Waals surface area contributed by atoms with Crippen molar-refractivity contribution in [3.63, 3.8) is 0 Å². The second-order valence-corrected chi connectivity index (χ2v) is 5.36. The molecule has 0 saturated heterocycles. The molecule has 0 aliphatic rings. The van der Waals surface area contributed by atoms with Gasteiger partial charge in [0.05, 0.1) is 6.61 Å². The Balaban J connectivity index is 2.52. The molecule has 24 heavy (non-hydrogen) atoms. The van der Waals surface area contributed by atoms with Crippen molar-refractivity contribution in [1.82, 2.24) is 10.6 Å². The van der Waals surface area contributed by atoms with Crippen molar-refractivity contribution in [1.29, 1.82) is 0 Å². The molecule has 0 spiro atoms. The Hall–Kier alpha value is -1.79. The van der Waals surface area contributed by atoms with Crippen LogP contribution in [0, 0.1) is 6.92 Å². The average Bonchev–Trinajstić information content (AvgIpc) is 2.59. The zero-order valence-electron chi connectivity index (χ0n) is 15.4. The average molecular weight is 337 g/mol. The third-order valence-corrected chi connectivity index (χ3v) is 3.40. The third kappa shape index (κ3) is 8.17.